The maximum absolute atomic E-state index is 12.7. The first-order valence-electron chi connectivity index (χ1n) is 11.9. The van der Waals surface area contributed by atoms with Crippen LogP contribution in [0, 0.1) is 11.8 Å². The van der Waals surface area contributed by atoms with Crippen molar-refractivity contribution in [1.82, 2.24) is 14.3 Å². The molecule has 0 aromatic heterocycles. The molecule has 2 N–H and O–H groups in total. The standard InChI is InChI=1S/C24H35N3O3S/c28-31(29,25-23-4-1-5-23)26-24-20-8-9-21(24)17-22-15-18(6-7-19(22)16-20)3-2-10-27-11-13-30-14-12-27/h2-3,6-7,15,20-21,23-26H,1,4-5,8-14,16-17H2/t20-,21+,24+/m0/s1. The van der Waals surface area contributed by atoms with Crippen LogP contribution in [0.2, 0.25) is 0 Å². The van der Waals surface area contributed by atoms with Crippen LogP contribution in [0.25, 0.3) is 6.08 Å². The summed E-state index contributed by atoms with van der Waals surface area (Å²) in [6.45, 7) is 4.63. The van der Waals surface area contributed by atoms with E-state index in [-0.39, 0.29) is 12.1 Å². The van der Waals surface area contributed by atoms with E-state index >= 15 is 0 Å². The van der Waals surface area contributed by atoms with Gasteiger partial charge in [-0.3, -0.25) is 4.90 Å². The normalized spacial score (nSPS) is 29.6. The molecule has 6 nitrogen and oxygen atoms in total. The van der Waals surface area contributed by atoms with Gasteiger partial charge < -0.3 is 4.74 Å². The van der Waals surface area contributed by atoms with Gasteiger partial charge in [-0.2, -0.15) is 17.9 Å². The van der Waals surface area contributed by atoms with Crippen molar-refractivity contribution >= 4 is 16.3 Å². The summed E-state index contributed by atoms with van der Waals surface area (Å²) in [5, 5.41) is 0. The highest BCUT2D eigenvalue weighted by molar-refractivity contribution is 7.87. The number of hydrogen-bond donors (Lipinski definition) is 2. The maximum atomic E-state index is 12.7. The number of ether oxygens (including phenoxy) is 1. The number of morpholine rings is 1. The SMILES string of the molecule is O=S(=O)(NC1CCC1)N[C@H]1[C@@H]2CC[C@H]1Cc1ccc(C=CCN3CCOCC3)cc1C2. The Kier molecular flexibility index (Phi) is 6.49. The van der Waals surface area contributed by atoms with Crippen LogP contribution < -0.4 is 9.44 Å². The minimum absolute atomic E-state index is 0.0466. The van der Waals surface area contributed by atoms with E-state index in [1.54, 1.807) is 0 Å². The third-order valence-corrected chi connectivity index (χ3v) is 8.84. The summed E-state index contributed by atoms with van der Waals surface area (Å²) in [6, 6.07) is 6.98. The van der Waals surface area contributed by atoms with Gasteiger partial charge in [0.05, 0.1) is 13.2 Å². The molecule has 0 amide bonds. The lowest BCUT2D eigenvalue weighted by Crippen LogP contribution is -2.51. The number of rotatable bonds is 7. The molecule has 1 heterocycles. The first-order chi connectivity index (χ1) is 15.1. The minimum atomic E-state index is -3.43. The highest BCUT2D eigenvalue weighted by Gasteiger charge is 2.41. The van der Waals surface area contributed by atoms with Crippen molar-refractivity contribution in [3.63, 3.8) is 0 Å². The molecule has 170 valence electrons. The summed E-state index contributed by atoms with van der Waals surface area (Å²) in [7, 11) is -3.43. The molecule has 1 aliphatic heterocycles. The fourth-order valence-electron chi connectivity index (χ4n) is 5.61. The van der Waals surface area contributed by atoms with Gasteiger partial charge in [0, 0.05) is 31.7 Å². The molecule has 0 spiro atoms. The van der Waals surface area contributed by atoms with Crippen molar-refractivity contribution in [3.8, 4) is 0 Å². The first kappa shape index (κ1) is 21.6. The van der Waals surface area contributed by atoms with Crippen molar-refractivity contribution in [1.29, 1.82) is 0 Å². The molecule has 0 radical (unpaired) electrons. The molecular formula is C24H35N3O3S. The van der Waals surface area contributed by atoms with E-state index in [1.807, 2.05) is 0 Å². The summed E-state index contributed by atoms with van der Waals surface area (Å²) < 4.78 is 36.6. The van der Waals surface area contributed by atoms with Gasteiger partial charge in [-0.05, 0) is 67.1 Å². The van der Waals surface area contributed by atoms with Gasteiger partial charge in [0.1, 0.15) is 0 Å². The van der Waals surface area contributed by atoms with Crippen LogP contribution in [0.1, 0.15) is 48.8 Å². The van der Waals surface area contributed by atoms with Crippen LogP contribution >= 0.6 is 0 Å². The van der Waals surface area contributed by atoms with Gasteiger partial charge in [-0.25, -0.2) is 0 Å². The zero-order valence-corrected chi connectivity index (χ0v) is 19.1. The predicted octanol–water partition coefficient (Wildman–Crippen LogP) is 2.50. The molecule has 2 bridgehead atoms. The highest BCUT2D eigenvalue weighted by Crippen LogP contribution is 2.40. The molecule has 3 fully saturated rings. The van der Waals surface area contributed by atoms with Crippen molar-refractivity contribution in [2.75, 3.05) is 32.8 Å². The molecular weight excluding hydrogens is 410 g/mol. The molecule has 1 aromatic rings. The third-order valence-electron chi connectivity index (χ3n) is 7.61. The zero-order chi connectivity index (χ0) is 21.3. The lowest BCUT2D eigenvalue weighted by atomic mass is 9.92. The molecule has 31 heavy (non-hydrogen) atoms. The van der Waals surface area contributed by atoms with Crippen molar-refractivity contribution in [3.05, 3.63) is 41.0 Å². The van der Waals surface area contributed by atoms with Crippen molar-refractivity contribution in [2.24, 2.45) is 11.8 Å². The Morgan fingerprint density at radius 1 is 1.00 bits per heavy atom. The minimum Gasteiger partial charge on any atom is -0.379 e. The Bertz CT molecular complexity index is 907. The molecule has 3 aliphatic carbocycles. The Hall–Kier alpha value is -1.25. The number of benzene rings is 1. The predicted molar refractivity (Wildman–Crippen MR) is 123 cm³/mol. The largest absolute Gasteiger partial charge is 0.379 e. The Balaban J connectivity index is 1.24. The number of nitrogens with one attached hydrogen (secondary N) is 2. The molecule has 2 saturated carbocycles. The number of fused-ring (bicyclic) bond motifs is 3. The highest BCUT2D eigenvalue weighted by atomic mass is 32.2. The van der Waals surface area contributed by atoms with Crippen LogP contribution in [0.3, 0.4) is 0 Å². The molecule has 7 heteroatoms. The van der Waals surface area contributed by atoms with E-state index in [9.17, 15) is 8.42 Å². The Morgan fingerprint density at radius 2 is 1.74 bits per heavy atom. The maximum Gasteiger partial charge on any atom is 0.277 e. The average Bonchev–Trinajstić information content (AvgIpc) is 2.99. The van der Waals surface area contributed by atoms with Gasteiger partial charge >= 0.3 is 0 Å². The topological polar surface area (TPSA) is 70.7 Å². The molecule has 1 saturated heterocycles. The van der Waals surface area contributed by atoms with Gasteiger partial charge in [0.2, 0.25) is 0 Å². The summed E-state index contributed by atoms with van der Waals surface area (Å²) in [5.41, 5.74) is 4.04. The van der Waals surface area contributed by atoms with Gasteiger partial charge in [-0.1, -0.05) is 36.8 Å². The fourth-order valence-corrected chi connectivity index (χ4v) is 7.09. The summed E-state index contributed by atoms with van der Waals surface area (Å²) in [6.07, 6.45) is 11.7. The average molecular weight is 446 g/mol. The lowest BCUT2D eigenvalue weighted by Gasteiger charge is -2.29. The number of nitrogens with zero attached hydrogens (tertiary/aromatic N) is 1. The Morgan fingerprint density at radius 3 is 2.45 bits per heavy atom. The molecule has 3 atom stereocenters. The van der Waals surface area contributed by atoms with E-state index in [1.165, 1.54) is 16.7 Å². The smallest absolute Gasteiger partial charge is 0.277 e. The monoisotopic (exact) mass is 445 g/mol. The van der Waals surface area contributed by atoms with Gasteiger partial charge in [-0.15, -0.1) is 0 Å². The third kappa shape index (κ3) is 5.22. The quantitative estimate of drug-likeness (QED) is 0.677. The van der Waals surface area contributed by atoms with Crippen LogP contribution in [0.5, 0.6) is 0 Å². The second-order valence-corrected chi connectivity index (χ2v) is 11.2. The molecule has 0 unspecified atom stereocenters. The summed E-state index contributed by atoms with van der Waals surface area (Å²) in [5.74, 6) is 0.781. The van der Waals surface area contributed by atoms with Crippen LogP contribution in [-0.2, 0) is 27.8 Å². The molecule has 5 rings (SSSR count). The first-order valence-corrected chi connectivity index (χ1v) is 13.4. The van der Waals surface area contributed by atoms with Crippen LogP contribution in [-0.4, -0.2) is 58.2 Å². The second-order valence-electron chi connectivity index (χ2n) is 9.74. The van der Waals surface area contributed by atoms with E-state index < -0.39 is 10.2 Å². The van der Waals surface area contributed by atoms with E-state index in [0.717, 1.165) is 77.8 Å². The van der Waals surface area contributed by atoms with E-state index in [2.05, 4.69) is 44.7 Å². The lowest BCUT2D eigenvalue weighted by molar-refractivity contribution is 0.0435. The number of hydrogen-bond acceptors (Lipinski definition) is 4. The van der Waals surface area contributed by atoms with E-state index in [0.29, 0.717) is 11.8 Å². The summed E-state index contributed by atoms with van der Waals surface area (Å²) in [4.78, 5) is 2.41. The van der Waals surface area contributed by atoms with E-state index in [4.69, 9.17) is 4.74 Å². The van der Waals surface area contributed by atoms with Crippen LogP contribution in [0.4, 0.5) is 0 Å². The Labute approximate surface area is 186 Å². The van der Waals surface area contributed by atoms with Crippen molar-refractivity contribution < 1.29 is 13.2 Å². The molecule has 4 aliphatic rings. The van der Waals surface area contributed by atoms with Gasteiger partial charge in [0.15, 0.2) is 0 Å². The molecule has 1 aromatic carbocycles. The van der Waals surface area contributed by atoms with Crippen LogP contribution in [0.15, 0.2) is 24.3 Å². The van der Waals surface area contributed by atoms with Crippen molar-refractivity contribution in [2.45, 2.75) is 57.0 Å². The fraction of sp³-hybridized carbons (Fsp3) is 0.667. The summed E-state index contributed by atoms with van der Waals surface area (Å²) >= 11 is 0. The zero-order valence-electron chi connectivity index (χ0n) is 18.3. The second kappa shape index (κ2) is 9.32. The van der Waals surface area contributed by atoms with Gasteiger partial charge in [0.25, 0.3) is 10.2 Å².